The van der Waals surface area contributed by atoms with E-state index < -0.39 is 0 Å². The third-order valence-corrected chi connectivity index (χ3v) is 4.65. The van der Waals surface area contributed by atoms with Gasteiger partial charge in [0.25, 0.3) is 5.91 Å². The number of hydrogen-bond donors (Lipinski definition) is 1. The fourth-order valence-corrected chi connectivity index (χ4v) is 3.28. The summed E-state index contributed by atoms with van der Waals surface area (Å²) in [5.74, 6) is 6.32. The van der Waals surface area contributed by atoms with Crippen LogP contribution in [0.15, 0.2) is 60.5 Å². The molecule has 0 bridgehead atoms. The molecule has 0 aliphatic heterocycles. The first-order valence-electron chi connectivity index (χ1n) is 8.91. The van der Waals surface area contributed by atoms with Crippen LogP contribution in [0, 0.1) is 11.8 Å². The number of anilines is 1. The molecule has 0 spiro atoms. The van der Waals surface area contributed by atoms with E-state index in [1.165, 1.54) is 17.5 Å². The molecule has 4 aromatic heterocycles. The second-order valence-corrected chi connectivity index (χ2v) is 6.75. The lowest BCUT2D eigenvalue weighted by Gasteiger charge is -2.06. The molecule has 0 fully saturated rings. The molecule has 0 aromatic carbocycles. The zero-order valence-electron chi connectivity index (χ0n) is 15.5. The monoisotopic (exact) mass is 400 g/mol. The van der Waals surface area contributed by atoms with Crippen molar-refractivity contribution in [2.24, 2.45) is 0 Å². The van der Waals surface area contributed by atoms with Crippen molar-refractivity contribution in [3.8, 4) is 29.0 Å². The Balaban J connectivity index is 1.53. The molecule has 1 amide bonds. The maximum absolute atomic E-state index is 12.7. The van der Waals surface area contributed by atoms with Crippen molar-refractivity contribution in [2.45, 2.75) is 13.3 Å². The van der Waals surface area contributed by atoms with Crippen molar-refractivity contribution >= 4 is 22.4 Å². The van der Waals surface area contributed by atoms with Gasteiger partial charge in [-0.25, -0.2) is 19.9 Å². The first kappa shape index (κ1) is 18.5. The van der Waals surface area contributed by atoms with Gasteiger partial charge in [-0.15, -0.1) is 11.3 Å². The summed E-state index contributed by atoms with van der Waals surface area (Å²) in [4.78, 5) is 30.0. The summed E-state index contributed by atoms with van der Waals surface area (Å²) in [5, 5.41) is 5.15. The van der Waals surface area contributed by atoms with Crippen molar-refractivity contribution in [2.75, 3.05) is 5.32 Å². The minimum Gasteiger partial charge on any atom is -0.296 e. The minimum atomic E-state index is -0.315. The van der Waals surface area contributed by atoms with Crippen molar-refractivity contribution in [1.29, 1.82) is 0 Å². The summed E-state index contributed by atoms with van der Waals surface area (Å²) in [6, 6.07) is 11.1. The van der Waals surface area contributed by atoms with Crippen LogP contribution in [0.25, 0.3) is 17.2 Å². The van der Waals surface area contributed by atoms with Crippen LogP contribution in [0.4, 0.5) is 5.13 Å². The van der Waals surface area contributed by atoms with Crippen LogP contribution in [-0.4, -0.2) is 30.4 Å². The van der Waals surface area contributed by atoms with E-state index in [-0.39, 0.29) is 5.91 Å². The molecule has 4 rings (SSSR count). The van der Waals surface area contributed by atoms with Crippen molar-refractivity contribution in [1.82, 2.24) is 24.5 Å². The molecule has 0 radical (unpaired) electrons. The number of rotatable bonds is 4. The maximum atomic E-state index is 12.7. The van der Waals surface area contributed by atoms with Crippen molar-refractivity contribution in [3.63, 3.8) is 0 Å². The normalized spacial score (nSPS) is 10.2. The van der Waals surface area contributed by atoms with Crippen LogP contribution < -0.4 is 5.32 Å². The van der Waals surface area contributed by atoms with E-state index in [9.17, 15) is 4.79 Å². The van der Waals surface area contributed by atoms with Crippen LogP contribution in [0.2, 0.25) is 0 Å². The fraction of sp³-hybridized carbons (Fsp3) is 0.0952. The number of aromatic nitrogens is 5. The molecular formula is C21H16N6OS. The Morgan fingerprint density at radius 3 is 2.93 bits per heavy atom. The third-order valence-electron chi connectivity index (χ3n) is 3.90. The topological polar surface area (TPSA) is 85.6 Å². The zero-order chi connectivity index (χ0) is 20.1. The molecule has 0 aliphatic carbocycles. The summed E-state index contributed by atoms with van der Waals surface area (Å²) < 4.78 is 1.63. The largest absolute Gasteiger partial charge is 0.296 e. The number of imidazole rings is 1. The van der Waals surface area contributed by atoms with Gasteiger partial charge in [0.1, 0.15) is 29.2 Å². The summed E-state index contributed by atoms with van der Waals surface area (Å²) in [6.45, 7) is 1.99. The van der Waals surface area contributed by atoms with Gasteiger partial charge in [0, 0.05) is 18.0 Å². The van der Waals surface area contributed by atoms with Gasteiger partial charge in [-0.1, -0.05) is 25.0 Å². The second kappa shape index (κ2) is 8.46. The van der Waals surface area contributed by atoms with Gasteiger partial charge in [-0.05, 0) is 30.2 Å². The van der Waals surface area contributed by atoms with E-state index in [2.05, 4.69) is 37.1 Å². The lowest BCUT2D eigenvalue weighted by atomic mass is 10.2. The molecule has 0 aliphatic rings. The highest BCUT2D eigenvalue weighted by atomic mass is 32.1. The highest BCUT2D eigenvalue weighted by molar-refractivity contribution is 7.14. The van der Waals surface area contributed by atoms with Crippen LogP contribution >= 0.6 is 11.3 Å². The van der Waals surface area contributed by atoms with E-state index >= 15 is 0 Å². The van der Waals surface area contributed by atoms with Crippen LogP contribution in [0.5, 0.6) is 0 Å². The minimum absolute atomic E-state index is 0.315. The highest BCUT2D eigenvalue weighted by Gasteiger charge is 2.16. The Morgan fingerprint density at radius 2 is 2.10 bits per heavy atom. The Morgan fingerprint density at radius 1 is 1.17 bits per heavy atom. The Labute approximate surface area is 171 Å². The summed E-state index contributed by atoms with van der Waals surface area (Å²) in [7, 11) is 0. The first-order chi connectivity index (χ1) is 14.2. The van der Waals surface area contributed by atoms with Gasteiger partial charge in [-0.2, -0.15) is 0 Å². The maximum Gasteiger partial charge on any atom is 0.276 e. The number of carbonyl (C=O) groups is 1. The Bertz CT molecular complexity index is 1200. The van der Waals surface area contributed by atoms with Gasteiger partial charge in [0.15, 0.2) is 5.13 Å². The van der Waals surface area contributed by atoms with Gasteiger partial charge in [0.05, 0.1) is 11.9 Å². The SMILES string of the molecule is CCC#Cc1cccc(-c2csc(NC(=O)c3cncn3-c3ccccn3)n2)n1. The standard InChI is InChI=1S/C21H16N6OS/c1-2-3-7-15-8-6-9-16(24-15)17-13-29-21(25-17)26-20(28)18-12-22-14-27(18)19-10-4-5-11-23-19/h4-6,8-14H,2H2,1H3,(H,25,26,28). The molecule has 7 nitrogen and oxygen atoms in total. The Hall–Kier alpha value is -3.83. The summed E-state index contributed by atoms with van der Waals surface area (Å²) >= 11 is 1.33. The average Bonchev–Trinajstić information content (AvgIpc) is 3.43. The lowest BCUT2D eigenvalue weighted by molar-refractivity contribution is 0.102. The van der Waals surface area contributed by atoms with Crippen molar-refractivity contribution < 1.29 is 4.79 Å². The van der Waals surface area contributed by atoms with Gasteiger partial charge in [-0.3, -0.25) is 14.7 Å². The molecule has 4 heterocycles. The van der Waals surface area contributed by atoms with Crippen molar-refractivity contribution in [3.05, 3.63) is 71.9 Å². The molecule has 0 unspecified atom stereocenters. The number of hydrogen-bond acceptors (Lipinski definition) is 6. The van der Waals surface area contributed by atoms with Gasteiger partial charge >= 0.3 is 0 Å². The number of nitrogens with one attached hydrogen (secondary N) is 1. The molecule has 0 saturated carbocycles. The number of thiazole rings is 1. The number of amides is 1. The smallest absolute Gasteiger partial charge is 0.276 e. The molecule has 142 valence electrons. The van der Waals surface area contributed by atoms with E-state index in [0.717, 1.165) is 6.42 Å². The second-order valence-electron chi connectivity index (χ2n) is 5.89. The third kappa shape index (κ3) is 4.20. The highest BCUT2D eigenvalue weighted by Crippen LogP contribution is 2.24. The lowest BCUT2D eigenvalue weighted by Crippen LogP contribution is -2.16. The number of pyridine rings is 2. The summed E-state index contributed by atoms with van der Waals surface area (Å²) in [6.07, 6.45) is 5.48. The van der Waals surface area contributed by atoms with E-state index in [1.807, 2.05) is 42.6 Å². The quantitative estimate of drug-likeness (QED) is 0.527. The first-order valence-corrected chi connectivity index (χ1v) is 9.79. The van der Waals surface area contributed by atoms with Crippen LogP contribution in [0.3, 0.4) is 0 Å². The molecule has 4 aromatic rings. The molecule has 1 N–H and O–H groups in total. The van der Waals surface area contributed by atoms with Gasteiger partial charge in [0.2, 0.25) is 0 Å². The van der Waals surface area contributed by atoms with E-state index in [1.54, 1.807) is 23.2 Å². The van der Waals surface area contributed by atoms with Gasteiger partial charge < -0.3 is 0 Å². The fourth-order valence-electron chi connectivity index (χ4n) is 2.58. The predicted molar refractivity (Wildman–Crippen MR) is 112 cm³/mol. The molecular weight excluding hydrogens is 384 g/mol. The number of carbonyl (C=O) groups excluding carboxylic acids is 1. The van der Waals surface area contributed by atoms with E-state index in [0.29, 0.717) is 33.7 Å². The number of nitrogens with zero attached hydrogens (tertiary/aromatic N) is 5. The van der Waals surface area contributed by atoms with Crippen LogP contribution in [0.1, 0.15) is 29.5 Å². The average molecular weight is 400 g/mol. The molecule has 8 heteroatoms. The zero-order valence-corrected chi connectivity index (χ0v) is 16.3. The Kier molecular flexibility index (Phi) is 5.40. The predicted octanol–water partition coefficient (Wildman–Crippen LogP) is 3.80. The van der Waals surface area contributed by atoms with E-state index in [4.69, 9.17) is 0 Å². The summed E-state index contributed by atoms with van der Waals surface area (Å²) in [5.41, 5.74) is 2.46. The molecule has 0 atom stereocenters. The molecule has 0 saturated heterocycles. The molecule has 29 heavy (non-hydrogen) atoms. The van der Waals surface area contributed by atoms with Crippen LogP contribution in [-0.2, 0) is 0 Å².